The molecule has 0 radical (unpaired) electrons. The van der Waals surface area contributed by atoms with Crippen LogP contribution in [0.25, 0.3) is 0 Å². The lowest BCUT2D eigenvalue weighted by Gasteiger charge is -2.37. The molecule has 1 amide bonds. The molecule has 0 fully saturated rings. The van der Waals surface area contributed by atoms with Gasteiger partial charge in [-0.2, -0.15) is 0 Å². The highest BCUT2D eigenvalue weighted by molar-refractivity contribution is 7.10. The first-order valence-corrected chi connectivity index (χ1v) is 11.4. The van der Waals surface area contributed by atoms with Gasteiger partial charge in [-0.1, -0.05) is 29.3 Å². The summed E-state index contributed by atoms with van der Waals surface area (Å²) in [5.74, 6) is 1.28. The van der Waals surface area contributed by atoms with Gasteiger partial charge in [0.25, 0.3) is 0 Å². The number of nitrogens with one attached hydrogen (secondary N) is 1. The Kier molecular flexibility index (Phi) is 6.72. The van der Waals surface area contributed by atoms with Crippen LogP contribution in [0.4, 0.5) is 5.69 Å². The van der Waals surface area contributed by atoms with Crippen LogP contribution in [0.2, 0.25) is 10.0 Å². The molecule has 0 bridgehead atoms. The second-order valence-corrected chi connectivity index (χ2v) is 9.10. The molecule has 0 saturated carbocycles. The number of methoxy groups -OCH3 is 2. The minimum absolute atomic E-state index is 0.0442. The number of hydrogen-bond donors (Lipinski definition) is 1. The van der Waals surface area contributed by atoms with Crippen molar-refractivity contribution in [3.63, 3.8) is 0 Å². The topological polar surface area (TPSA) is 50.8 Å². The van der Waals surface area contributed by atoms with Gasteiger partial charge in [0.15, 0.2) is 11.5 Å². The maximum atomic E-state index is 12.9. The summed E-state index contributed by atoms with van der Waals surface area (Å²) < 4.78 is 11.0. The first kappa shape index (κ1) is 22.0. The van der Waals surface area contributed by atoms with Crippen LogP contribution in [0, 0.1) is 0 Å². The summed E-state index contributed by atoms with van der Waals surface area (Å²) in [5.41, 5.74) is 2.92. The monoisotopic (exact) mass is 476 g/mol. The lowest BCUT2D eigenvalue weighted by Crippen LogP contribution is -2.40. The van der Waals surface area contributed by atoms with Crippen LogP contribution >= 0.6 is 34.5 Å². The fourth-order valence-corrected chi connectivity index (χ4v) is 5.36. The molecular formula is C23H22Cl2N2O3S. The van der Waals surface area contributed by atoms with Crippen LogP contribution in [0.15, 0.2) is 47.8 Å². The number of amides is 1. The van der Waals surface area contributed by atoms with Crippen LogP contribution in [0.1, 0.15) is 22.0 Å². The van der Waals surface area contributed by atoms with Crippen molar-refractivity contribution in [3.05, 3.63) is 73.9 Å². The van der Waals surface area contributed by atoms with Gasteiger partial charge >= 0.3 is 0 Å². The minimum atomic E-state index is -0.121. The number of benzene rings is 2. The zero-order valence-electron chi connectivity index (χ0n) is 17.2. The van der Waals surface area contributed by atoms with Gasteiger partial charge in [-0.3, -0.25) is 9.69 Å². The van der Waals surface area contributed by atoms with E-state index in [9.17, 15) is 4.79 Å². The lowest BCUT2D eigenvalue weighted by atomic mass is 9.91. The van der Waals surface area contributed by atoms with Gasteiger partial charge in [0.2, 0.25) is 5.91 Å². The number of halogens is 2. The van der Waals surface area contributed by atoms with Gasteiger partial charge in [0.05, 0.1) is 26.8 Å². The predicted octanol–water partition coefficient (Wildman–Crippen LogP) is 5.66. The van der Waals surface area contributed by atoms with Gasteiger partial charge < -0.3 is 14.8 Å². The van der Waals surface area contributed by atoms with Gasteiger partial charge in [0, 0.05) is 27.2 Å². The summed E-state index contributed by atoms with van der Waals surface area (Å²) >= 11 is 13.8. The van der Waals surface area contributed by atoms with E-state index in [1.54, 1.807) is 43.8 Å². The molecule has 3 aromatic rings. The molecule has 1 aromatic heterocycles. The number of ether oxygens (including phenoxy) is 2. The number of anilines is 1. The van der Waals surface area contributed by atoms with Gasteiger partial charge in [-0.05, 0) is 59.3 Å². The Morgan fingerprint density at radius 1 is 1.13 bits per heavy atom. The minimum Gasteiger partial charge on any atom is -0.493 e. The van der Waals surface area contributed by atoms with E-state index in [4.69, 9.17) is 32.7 Å². The third-order valence-electron chi connectivity index (χ3n) is 5.28. The largest absolute Gasteiger partial charge is 0.493 e. The average Bonchev–Trinajstić information content (AvgIpc) is 3.26. The molecule has 2 aromatic carbocycles. The molecule has 5 nitrogen and oxygen atoms in total. The summed E-state index contributed by atoms with van der Waals surface area (Å²) in [6.45, 7) is 0.981. The van der Waals surface area contributed by atoms with Crippen molar-refractivity contribution in [3.8, 4) is 11.5 Å². The van der Waals surface area contributed by atoms with Crippen molar-refractivity contribution in [1.82, 2.24) is 4.90 Å². The van der Waals surface area contributed by atoms with Crippen LogP contribution in [0.3, 0.4) is 0 Å². The standard InChI is InChI=1S/C23H22Cl2N2O3S/c1-29-19-8-14-5-6-27(13-22(28)26-17-10-15(24)9-16(25)11-17)23(21-4-3-7-31-21)18(14)12-20(19)30-2/h3-4,7-12,23H,5-6,13H2,1-2H3,(H,26,28). The zero-order valence-corrected chi connectivity index (χ0v) is 19.5. The maximum absolute atomic E-state index is 12.9. The molecule has 8 heteroatoms. The summed E-state index contributed by atoms with van der Waals surface area (Å²) in [7, 11) is 3.27. The Morgan fingerprint density at radius 2 is 1.84 bits per heavy atom. The van der Waals surface area contributed by atoms with E-state index < -0.39 is 0 Å². The molecule has 1 unspecified atom stereocenters. The predicted molar refractivity (Wildman–Crippen MR) is 126 cm³/mol. The van der Waals surface area contributed by atoms with E-state index in [0.29, 0.717) is 21.5 Å². The first-order valence-electron chi connectivity index (χ1n) is 9.76. The highest BCUT2D eigenvalue weighted by Crippen LogP contribution is 2.42. The third kappa shape index (κ3) is 4.83. The molecule has 1 atom stereocenters. The molecule has 2 heterocycles. The number of carbonyl (C=O) groups is 1. The maximum Gasteiger partial charge on any atom is 0.238 e. The second kappa shape index (κ2) is 9.49. The molecular weight excluding hydrogens is 455 g/mol. The van der Waals surface area contributed by atoms with E-state index in [1.807, 2.05) is 18.2 Å². The van der Waals surface area contributed by atoms with Crippen molar-refractivity contribution in [1.29, 1.82) is 0 Å². The van der Waals surface area contributed by atoms with Crippen molar-refractivity contribution >= 4 is 46.1 Å². The van der Waals surface area contributed by atoms with E-state index >= 15 is 0 Å². The van der Waals surface area contributed by atoms with E-state index in [1.165, 1.54) is 10.4 Å². The molecule has 0 saturated heterocycles. The van der Waals surface area contributed by atoms with Crippen molar-refractivity contribution < 1.29 is 14.3 Å². The van der Waals surface area contributed by atoms with Crippen LogP contribution < -0.4 is 14.8 Å². The van der Waals surface area contributed by atoms with Gasteiger partial charge in [-0.15, -0.1) is 11.3 Å². The number of fused-ring (bicyclic) bond motifs is 1. The second-order valence-electron chi connectivity index (χ2n) is 7.25. The normalized spacial score (nSPS) is 15.9. The van der Waals surface area contributed by atoms with Crippen LogP contribution in [-0.2, 0) is 11.2 Å². The van der Waals surface area contributed by atoms with E-state index in [2.05, 4.69) is 21.7 Å². The molecule has 0 spiro atoms. The summed E-state index contributed by atoms with van der Waals surface area (Å²) in [4.78, 5) is 16.2. The molecule has 4 rings (SSSR count). The summed E-state index contributed by atoms with van der Waals surface area (Å²) in [6.07, 6.45) is 0.813. The van der Waals surface area contributed by atoms with Crippen molar-refractivity contribution in [2.24, 2.45) is 0 Å². The van der Waals surface area contributed by atoms with Crippen LogP contribution in [0.5, 0.6) is 11.5 Å². The molecule has 162 valence electrons. The molecule has 1 N–H and O–H groups in total. The SMILES string of the molecule is COc1cc2c(cc1OC)C(c1cccs1)N(CC(=O)Nc1cc(Cl)cc(Cl)c1)CC2. The Balaban J connectivity index is 1.62. The average molecular weight is 477 g/mol. The van der Waals surface area contributed by atoms with Crippen molar-refractivity contribution in [2.45, 2.75) is 12.5 Å². The number of nitrogens with zero attached hydrogens (tertiary/aromatic N) is 1. The fourth-order valence-electron chi connectivity index (χ4n) is 3.96. The Hall–Kier alpha value is -2.25. The first-order chi connectivity index (χ1) is 15.0. The molecule has 31 heavy (non-hydrogen) atoms. The molecule has 0 aliphatic carbocycles. The number of rotatable bonds is 6. The Morgan fingerprint density at radius 3 is 2.48 bits per heavy atom. The molecule has 1 aliphatic rings. The highest BCUT2D eigenvalue weighted by atomic mass is 35.5. The fraction of sp³-hybridized carbons (Fsp3) is 0.261. The van der Waals surface area contributed by atoms with E-state index in [-0.39, 0.29) is 18.5 Å². The summed E-state index contributed by atoms with van der Waals surface area (Å²) in [6, 6.07) is 13.2. The Labute approximate surface area is 195 Å². The molecule has 1 aliphatic heterocycles. The summed E-state index contributed by atoms with van der Waals surface area (Å²) in [5, 5.41) is 5.92. The van der Waals surface area contributed by atoms with Crippen LogP contribution in [-0.4, -0.2) is 38.1 Å². The van der Waals surface area contributed by atoms with Gasteiger partial charge in [0.1, 0.15) is 0 Å². The lowest BCUT2D eigenvalue weighted by molar-refractivity contribution is -0.117. The third-order valence-corrected chi connectivity index (χ3v) is 6.64. The number of carbonyl (C=O) groups excluding carboxylic acids is 1. The number of hydrogen-bond acceptors (Lipinski definition) is 5. The number of thiophene rings is 1. The smallest absolute Gasteiger partial charge is 0.238 e. The quantitative estimate of drug-likeness (QED) is 0.498. The van der Waals surface area contributed by atoms with E-state index in [0.717, 1.165) is 24.3 Å². The van der Waals surface area contributed by atoms with Crippen molar-refractivity contribution in [2.75, 3.05) is 32.6 Å². The highest BCUT2D eigenvalue weighted by Gasteiger charge is 2.32. The van der Waals surface area contributed by atoms with Gasteiger partial charge in [-0.25, -0.2) is 0 Å². The Bertz CT molecular complexity index is 1070. The zero-order chi connectivity index (χ0) is 22.0.